The molecule has 5 aliphatic heterocycles. The van der Waals surface area contributed by atoms with E-state index in [9.17, 15) is 75.0 Å². The lowest BCUT2D eigenvalue weighted by Gasteiger charge is -2.48. The largest absolute Gasteiger partial charge is 0.435 e. The number of rotatable bonds is 20. The highest BCUT2D eigenvalue weighted by atomic mass is 16.9. The number of hydrogen-bond acceptors (Lipinski definition) is 31. The molecule has 0 spiro atoms. The first kappa shape index (κ1) is 50.5. The van der Waals surface area contributed by atoms with Crippen LogP contribution in [0.2, 0.25) is 0 Å². The summed E-state index contributed by atoms with van der Waals surface area (Å²) in [6.07, 6.45) is -50.5. The molecule has 5 heterocycles. The summed E-state index contributed by atoms with van der Waals surface area (Å²) in [5, 5.41) is 108. The number of carbonyl (C=O) groups excluding carboxylic acids is 5. The van der Waals surface area contributed by atoms with E-state index in [4.69, 9.17) is 75.8 Å². The van der Waals surface area contributed by atoms with E-state index in [1.807, 2.05) is 0 Å². The Bertz CT molecular complexity index is 1480. The van der Waals surface area contributed by atoms with Crippen molar-refractivity contribution in [3.63, 3.8) is 0 Å². The maximum Gasteiger partial charge on any atom is 0.295 e. The van der Waals surface area contributed by atoms with E-state index >= 15 is 0 Å². The lowest BCUT2D eigenvalue weighted by molar-refractivity contribution is -0.426. The van der Waals surface area contributed by atoms with Gasteiger partial charge in [-0.3, -0.25) is 24.0 Å². The predicted octanol–water partition coefficient (Wildman–Crippen LogP) is -9.93. The van der Waals surface area contributed by atoms with Crippen LogP contribution in [-0.4, -0.2) is 252 Å². The Hall–Kier alpha value is -3.49. The predicted molar refractivity (Wildman–Crippen MR) is 176 cm³/mol. The van der Waals surface area contributed by atoms with Crippen molar-refractivity contribution in [3.8, 4) is 0 Å². The number of aliphatic hydroxyl groups is 10. The second-order valence-corrected chi connectivity index (χ2v) is 13.8. The van der Waals surface area contributed by atoms with Gasteiger partial charge in [-0.1, -0.05) is 0 Å². The van der Waals surface area contributed by atoms with Crippen LogP contribution in [0.1, 0.15) is 0 Å². The Morgan fingerprint density at radius 1 is 0.286 bits per heavy atom. The molecule has 0 aromatic carbocycles. The molecule has 31 nitrogen and oxygen atoms in total. The molecule has 5 rings (SSSR count). The van der Waals surface area contributed by atoms with Gasteiger partial charge in [-0.15, -0.1) is 0 Å². The highest BCUT2D eigenvalue weighted by Gasteiger charge is 2.58. The van der Waals surface area contributed by atoms with Crippen molar-refractivity contribution in [1.82, 2.24) is 0 Å². The van der Waals surface area contributed by atoms with Crippen LogP contribution >= 0.6 is 0 Å². The van der Waals surface area contributed by atoms with Crippen molar-refractivity contribution in [2.75, 3.05) is 14.2 Å². The zero-order valence-electron chi connectivity index (χ0n) is 32.4. The molecular formula is C32H46O31. The van der Waals surface area contributed by atoms with Gasteiger partial charge in [-0.2, -0.15) is 0 Å². The van der Waals surface area contributed by atoms with Crippen molar-refractivity contribution < 1.29 is 151 Å². The van der Waals surface area contributed by atoms with E-state index in [0.29, 0.717) is 0 Å². The molecule has 5 saturated heterocycles. The molecule has 25 unspecified atom stereocenters. The van der Waals surface area contributed by atoms with Gasteiger partial charge in [0.2, 0.25) is 31.5 Å². The summed E-state index contributed by atoms with van der Waals surface area (Å²) in [4.78, 5) is 56.5. The Morgan fingerprint density at radius 2 is 0.492 bits per heavy atom. The summed E-state index contributed by atoms with van der Waals surface area (Å²) in [6.45, 7) is -0.844. The van der Waals surface area contributed by atoms with Crippen molar-refractivity contribution in [1.29, 1.82) is 0 Å². The number of aliphatic hydroxyl groups excluding tert-OH is 10. The molecule has 5 aliphatic rings. The monoisotopic (exact) mass is 926 g/mol. The van der Waals surface area contributed by atoms with E-state index in [-0.39, 0.29) is 32.4 Å². The van der Waals surface area contributed by atoms with Gasteiger partial charge in [0.25, 0.3) is 32.4 Å². The number of carbonyl (C=O) groups is 5. The summed E-state index contributed by atoms with van der Waals surface area (Å²) < 4.78 is 82.6. The molecule has 0 radical (unpaired) electrons. The van der Waals surface area contributed by atoms with Gasteiger partial charge < -0.3 is 127 Å². The minimum Gasteiger partial charge on any atom is -0.435 e. The smallest absolute Gasteiger partial charge is 0.295 e. The van der Waals surface area contributed by atoms with Crippen LogP contribution in [0.4, 0.5) is 0 Å². The molecule has 31 heteroatoms. The quantitative estimate of drug-likeness (QED) is 0.0400. The van der Waals surface area contributed by atoms with Gasteiger partial charge in [0.1, 0.15) is 67.1 Å². The van der Waals surface area contributed by atoms with Crippen LogP contribution in [0.5, 0.6) is 0 Å². The first-order chi connectivity index (χ1) is 30.1. The van der Waals surface area contributed by atoms with Crippen LogP contribution in [0, 0.1) is 0 Å². The van der Waals surface area contributed by atoms with Gasteiger partial charge in [0.05, 0.1) is 0 Å². The van der Waals surface area contributed by atoms with Gasteiger partial charge >= 0.3 is 0 Å². The molecule has 0 amide bonds. The number of ether oxygens (including phenoxy) is 16. The summed E-state index contributed by atoms with van der Waals surface area (Å²) in [5.41, 5.74) is 0. The lowest BCUT2D eigenvalue weighted by atomic mass is 10.00. The van der Waals surface area contributed by atoms with Crippen molar-refractivity contribution in [3.05, 3.63) is 0 Å². The summed E-state index contributed by atoms with van der Waals surface area (Å²) in [7, 11) is 2.18. The molecule has 10 N–H and O–H groups in total. The standard InChI is InChI=1S/C32H46O31/c1-48-18-8(38)14(44)24(60-28(18)50-3-33)56-20-10(40)16(46)26(62-30(20)52-5-35)58-22-12(42)17(47)27(63-32(22)54-7-37)57-21-11(41)15(45)25(61-31(21)53-6-36)55-19-9(39)13(43)23(49-2)59-29(19)51-4-34/h3-32,38-47H,1-2H3. The molecule has 63 heavy (non-hydrogen) atoms. The van der Waals surface area contributed by atoms with Crippen LogP contribution in [-0.2, 0) is 99.8 Å². The lowest BCUT2D eigenvalue weighted by Crippen LogP contribution is -2.67. The zero-order valence-corrected chi connectivity index (χ0v) is 32.4. The van der Waals surface area contributed by atoms with E-state index < -0.39 is 154 Å². The van der Waals surface area contributed by atoms with Crippen LogP contribution < -0.4 is 0 Å². The fourth-order valence-electron chi connectivity index (χ4n) is 6.95. The Kier molecular flexibility index (Phi) is 18.1. The molecule has 5 fully saturated rings. The average molecular weight is 927 g/mol. The van der Waals surface area contributed by atoms with Crippen molar-refractivity contribution in [2.45, 2.75) is 154 Å². The molecule has 0 saturated carbocycles. The molecule has 0 aromatic heterocycles. The Labute approximate surface area is 352 Å². The SMILES string of the molecule is COC1OC(OC=O)C(OC2OC(OC=O)C(OC3OC(OC=O)C(OC4OC(OC=O)C(OC5OC(OC=O)C(OC)C(O)C5O)C(O)C4O)C(O)C3O)C(O)C2O)C(O)C1O. The highest BCUT2D eigenvalue weighted by Crippen LogP contribution is 2.36. The minimum absolute atomic E-state index is 0.0726. The highest BCUT2D eigenvalue weighted by molar-refractivity contribution is 5.38. The molecule has 0 bridgehead atoms. The Balaban J connectivity index is 1.28. The number of hydrogen-bond donors (Lipinski definition) is 10. The van der Waals surface area contributed by atoms with Gasteiger partial charge in [0, 0.05) is 14.2 Å². The maximum atomic E-state index is 11.5. The maximum absolute atomic E-state index is 11.5. The third-order valence-corrected chi connectivity index (χ3v) is 10.1. The van der Waals surface area contributed by atoms with E-state index in [1.165, 1.54) is 0 Å². The average Bonchev–Trinajstić information content (AvgIpc) is 3.26. The van der Waals surface area contributed by atoms with Gasteiger partial charge in [-0.25, -0.2) is 0 Å². The molecule has 25 atom stereocenters. The molecule has 0 aromatic rings. The Morgan fingerprint density at radius 3 is 0.714 bits per heavy atom. The first-order valence-corrected chi connectivity index (χ1v) is 18.3. The van der Waals surface area contributed by atoms with Gasteiger partial charge in [-0.05, 0) is 0 Å². The van der Waals surface area contributed by atoms with E-state index in [1.54, 1.807) is 0 Å². The molecule has 360 valence electrons. The summed E-state index contributed by atoms with van der Waals surface area (Å²) in [6, 6.07) is 0. The first-order valence-electron chi connectivity index (χ1n) is 18.3. The second kappa shape index (κ2) is 22.6. The fourth-order valence-corrected chi connectivity index (χ4v) is 6.95. The second-order valence-electron chi connectivity index (χ2n) is 13.8. The van der Waals surface area contributed by atoms with Crippen molar-refractivity contribution >= 4 is 32.4 Å². The van der Waals surface area contributed by atoms with Gasteiger partial charge in [0.15, 0.2) is 55.9 Å². The van der Waals surface area contributed by atoms with E-state index in [2.05, 4.69) is 0 Å². The van der Waals surface area contributed by atoms with Crippen LogP contribution in [0.25, 0.3) is 0 Å². The third-order valence-electron chi connectivity index (χ3n) is 10.1. The van der Waals surface area contributed by atoms with Crippen LogP contribution in [0.15, 0.2) is 0 Å². The number of methoxy groups -OCH3 is 2. The normalized spacial score (nSPS) is 47.9. The molecule has 0 aliphatic carbocycles. The van der Waals surface area contributed by atoms with Crippen molar-refractivity contribution in [2.24, 2.45) is 0 Å². The zero-order chi connectivity index (χ0) is 46.3. The fraction of sp³-hybridized carbons (Fsp3) is 0.844. The van der Waals surface area contributed by atoms with E-state index in [0.717, 1.165) is 14.2 Å². The molecular weight excluding hydrogens is 880 g/mol. The minimum atomic E-state index is -2.32. The summed E-state index contributed by atoms with van der Waals surface area (Å²) in [5.74, 6) is 0. The summed E-state index contributed by atoms with van der Waals surface area (Å²) >= 11 is 0. The topological polar surface area (TPSA) is 435 Å². The third kappa shape index (κ3) is 10.8. The van der Waals surface area contributed by atoms with Crippen LogP contribution in [0.3, 0.4) is 0 Å².